The number of fused-ring (bicyclic) bond motifs is 3. The number of piperidine rings is 1. The van der Waals surface area contributed by atoms with Gasteiger partial charge in [-0.2, -0.15) is 0 Å². The van der Waals surface area contributed by atoms with Crippen molar-refractivity contribution >= 4 is 5.97 Å². The number of methoxy groups -OCH3 is 2. The molecule has 30 heavy (non-hydrogen) atoms. The molecule has 2 heterocycles. The lowest BCUT2D eigenvalue weighted by Crippen LogP contribution is -2.51. The first-order valence-electron chi connectivity index (χ1n) is 11.2. The summed E-state index contributed by atoms with van der Waals surface area (Å²) in [5.74, 6) is 2.18. The van der Waals surface area contributed by atoms with Gasteiger partial charge in [-0.1, -0.05) is 27.7 Å². The topological polar surface area (TPSA) is 74.0 Å². The first kappa shape index (κ1) is 22.9. The van der Waals surface area contributed by atoms with Crippen molar-refractivity contribution in [2.75, 3.05) is 27.3 Å². The fourth-order valence-corrected chi connectivity index (χ4v) is 4.88. The number of esters is 1. The highest BCUT2D eigenvalue weighted by molar-refractivity contribution is 5.76. The smallest absolute Gasteiger partial charge is 0.323 e. The maximum absolute atomic E-state index is 12.7. The van der Waals surface area contributed by atoms with Gasteiger partial charge in [0.15, 0.2) is 11.5 Å². The largest absolute Gasteiger partial charge is 0.493 e. The van der Waals surface area contributed by atoms with Gasteiger partial charge in [-0.3, -0.25) is 9.69 Å². The first-order chi connectivity index (χ1) is 14.2. The molecule has 0 radical (unpaired) electrons. The van der Waals surface area contributed by atoms with Gasteiger partial charge in [-0.25, -0.2) is 0 Å². The lowest BCUT2D eigenvalue weighted by atomic mass is 9.79. The van der Waals surface area contributed by atoms with E-state index in [1.54, 1.807) is 14.2 Å². The number of hydrogen-bond acceptors (Lipinski definition) is 6. The SMILES string of the molecule is COc1cc2c(cc1OC)C1C[C@@H](OC(=O)C(N)C(C)C)[C@H](CC(C)C)CN1CC2. The lowest BCUT2D eigenvalue weighted by Gasteiger charge is -2.47. The van der Waals surface area contributed by atoms with Crippen LogP contribution in [0, 0.1) is 17.8 Å². The Morgan fingerprint density at radius 2 is 1.83 bits per heavy atom. The Hall–Kier alpha value is -1.79. The molecule has 3 rings (SSSR count). The minimum atomic E-state index is -0.578. The Kier molecular flexibility index (Phi) is 7.30. The summed E-state index contributed by atoms with van der Waals surface area (Å²) in [6.07, 6.45) is 2.70. The standard InChI is InChI=1S/C24H38N2O4/c1-14(2)9-17-13-26-8-7-16-10-21(28-5)22(29-6)11-18(16)19(26)12-20(17)30-24(27)23(25)15(3)4/h10-11,14-15,17,19-20,23H,7-9,12-13,25H2,1-6H3/t17-,19?,20-,23?/m1/s1. The average Bonchev–Trinajstić information content (AvgIpc) is 2.71. The van der Waals surface area contributed by atoms with Crippen molar-refractivity contribution < 1.29 is 19.0 Å². The predicted octanol–water partition coefficient (Wildman–Crippen LogP) is 3.56. The van der Waals surface area contributed by atoms with Crippen LogP contribution in [0.15, 0.2) is 12.1 Å². The summed E-state index contributed by atoms with van der Waals surface area (Å²) in [7, 11) is 3.34. The van der Waals surface area contributed by atoms with Crippen LogP contribution in [-0.2, 0) is 16.0 Å². The Morgan fingerprint density at radius 3 is 2.43 bits per heavy atom. The Labute approximate surface area is 181 Å². The Balaban J connectivity index is 1.88. The van der Waals surface area contributed by atoms with Crippen LogP contribution in [-0.4, -0.2) is 50.3 Å². The minimum Gasteiger partial charge on any atom is -0.493 e. The van der Waals surface area contributed by atoms with Crippen molar-refractivity contribution in [2.45, 2.75) is 65.1 Å². The highest BCUT2D eigenvalue weighted by atomic mass is 16.5. The number of ether oxygens (including phenoxy) is 3. The van der Waals surface area contributed by atoms with Gasteiger partial charge >= 0.3 is 5.97 Å². The third-order valence-corrected chi connectivity index (χ3v) is 6.60. The van der Waals surface area contributed by atoms with Gasteiger partial charge in [0.25, 0.3) is 0 Å². The number of hydrogen-bond donors (Lipinski definition) is 1. The van der Waals surface area contributed by atoms with E-state index < -0.39 is 6.04 Å². The first-order valence-corrected chi connectivity index (χ1v) is 11.2. The summed E-state index contributed by atoms with van der Waals surface area (Å²) in [4.78, 5) is 15.2. The predicted molar refractivity (Wildman–Crippen MR) is 118 cm³/mol. The molecule has 2 aliphatic heterocycles. The zero-order chi connectivity index (χ0) is 22.0. The molecule has 1 fully saturated rings. The van der Waals surface area contributed by atoms with Crippen LogP contribution in [0.3, 0.4) is 0 Å². The van der Waals surface area contributed by atoms with Gasteiger partial charge in [0.1, 0.15) is 12.1 Å². The van der Waals surface area contributed by atoms with Crippen LogP contribution in [0.25, 0.3) is 0 Å². The van der Waals surface area contributed by atoms with Gasteiger partial charge in [0.2, 0.25) is 0 Å². The number of carbonyl (C=O) groups is 1. The quantitative estimate of drug-likeness (QED) is 0.683. The summed E-state index contributed by atoms with van der Waals surface area (Å²) in [6, 6.07) is 3.84. The van der Waals surface area contributed by atoms with Crippen molar-refractivity contribution in [3.8, 4) is 11.5 Å². The monoisotopic (exact) mass is 418 g/mol. The zero-order valence-electron chi connectivity index (χ0n) is 19.3. The number of rotatable bonds is 7. The van der Waals surface area contributed by atoms with Crippen LogP contribution in [0.5, 0.6) is 11.5 Å². The maximum atomic E-state index is 12.7. The summed E-state index contributed by atoms with van der Waals surface area (Å²) in [5, 5.41) is 0. The Bertz CT molecular complexity index is 749. The highest BCUT2D eigenvalue weighted by Crippen LogP contribution is 2.44. The summed E-state index contributed by atoms with van der Waals surface area (Å²) < 4.78 is 17.1. The van der Waals surface area contributed by atoms with Crippen molar-refractivity contribution in [1.29, 1.82) is 0 Å². The van der Waals surface area contributed by atoms with Gasteiger partial charge in [-0.15, -0.1) is 0 Å². The van der Waals surface area contributed by atoms with Crippen LogP contribution in [0.4, 0.5) is 0 Å². The molecule has 1 aromatic carbocycles. The molecule has 4 atom stereocenters. The minimum absolute atomic E-state index is 0.0632. The molecule has 6 nitrogen and oxygen atoms in total. The zero-order valence-corrected chi connectivity index (χ0v) is 19.3. The van der Waals surface area contributed by atoms with E-state index in [-0.39, 0.29) is 24.0 Å². The number of nitrogens with two attached hydrogens (primary N) is 1. The van der Waals surface area contributed by atoms with Crippen LogP contribution in [0.2, 0.25) is 0 Å². The van der Waals surface area contributed by atoms with Gasteiger partial charge in [-0.05, 0) is 47.9 Å². The van der Waals surface area contributed by atoms with Crippen molar-refractivity contribution in [3.63, 3.8) is 0 Å². The van der Waals surface area contributed by atoms with Crippen molar-refractivity contribution in [2.24, 2.45) is 23.5 Å². The molecule has 0 aliphatic carbocycles. The second-order valence-electron chi connectivity index (χ2n) is 9.54. The van der Waals surface area contributed by atoms with E-state index in [1.807, 2.05) is 13.8 Å². The fourth-order valence-electron chi connectivity index (χ4n) is 4.88. The van der Waals surface area contributed by atoms with E-state index in [0.29, 0.717) is 11.8 Å². The molecule has 6 heteroatoms. The summed E-state index contributed by atoms with van der Waals surface area (Å²) >= 11 is 0. The molecule has 1 aromatic rings. The maximum Gasteiger partial charge on any atom is 0.323 e. The molecular weight excluding hydrogens is 380 g/mol. The second-order valence-corrected chi connectivity index (χ2v) is 9.54. The Morgan fingerprint density at radius 1 is 1.17 bits per heavy atom. The lowest BCUT2D eigenvalue weighted by molar-refractivity contribution is -0.160. The van der Waals surface area contributed by atoms with Gasteiger partial charge in [0, 0.05) is 31.5 Å². The second kappa shape index (κ2) is 9.56. The fraction of sp³-hybridized carbons (Fsp3) is 0.708. The van der Waals surface area contributed by atoms with Gasteiger partial charge in [0.05, 0.1) is 14.2 Å². The molecule has 0 spiro atoms. The van der Waals surface area contributed by atoms with Crippen LogP contribution >= 0.6 is 0 Å². The van der Waals surface area contributed by atoms with E-state index in [2.05, 4.69) is 30.9 Å². The molecule has 2 aliphatic rings. The third-order valence-electron chi connectivity index (χ3n) is 6.60. The van der Waals surface area contributed by atoms with Crippen LogP contribution < -0.4 is 15.2 Å². The molecule has 2 unspecified atom stereocenters. The third kappa shape index (κ3) is 4.75. The highest BCUT2D eigenvalue weighted by Gasteiger charge is 2.41. The normalized spacial score (nSPS) is 24.9. The molecule has 168 valence electrons. The van der Waals surface area contributed by atoms with Gasteiger partial charge < -0.3 is 19.9 Å². The van der Waals surface area contributed by atoms with Crippen molar-refractivity contribution in [1.82, 2.24) is 4.90 Å². The summed E-state index contributed by atoms with van der Waals surface area (Å²) in [5.41, 5.74) is 8.64. The van der Waals surface area contributed by atoms with E-state index in [9.17, 15) is 4.79 Å². The molecule has 0 aromatic heterocycles. The molecule has 0 amide bonds. The van der Waals surface area contributed by atoms with E-state index in [0.717, 1.165) is 43.9 Å². The number of carbonyl (C=O) groups excluding carboxylic acids is 1. The van der Waals surface area contributed by atoms with E-state index >= 15 is 0 Å². The average molecular weight is 419 g/mol. The summed E-state index contributed by atoms with van der Waals surface area (Å²) in [6.45, 7) is 10.3. The molecule has 0 saturated carbocycles. The van der Waals surface area contributed by atoms with E-state index in [1.165, 1.54) is 11.1 Å². The number of benzene rings is 1. The molecule has 2 N–H and O–H groups in total. The molecular formula is C24H38N2O4. The van der Waals surface area contributed by atoms with E-state index in [4.69, 9.17) is 19.9 Å². The molecule has 1 saturated heterocycles. The number of nitrogens with zero attached hydrogens (tertiary/aromatic N) is 1. The van der Waals surface area contributed by atoms with Crippen molar-refractivity contribution in [3.05, 3.63) is 23.3 Å². The molecule has 0 bridgehead atoms. The van der Waals surface area contributed by atoms with Crippen LogP contribution in [0.1, 0.15) is 57.7 Å².